The van der Waals surface area contributed by atoms with Crippen LogP contribution in [0.5, 0.6) is 5.75 Å². The zero-order valence-electron chi connectivity index (χ0n) is 27.5. The highest BCUT2D eigenvalue weighted by molar-refractivity contribution is 6.40. The van der Waals surface area contributed by atoms with Crippen LogP contribution in [0.2, 0.25) is 10.0 Å². The highest BCUT2D eigenvalue weighted by Crippen LogP contribution is 2.43. The van der Waals surface area contributed by atoms with E-state index in [1.54, 1.807) is 37.4 Å². The molecule has 1 amide bonds. The Morgan fingerprint density at radius 3 is 2.45 bits per heavy atom. The standard InChI is InChI=1S/C36H39Cl2FN4O6/c1-21-16-40(10-11-47-2)8-9-42(21)25-12-29(37)33(30(38)13-25)35(44)41-17-22-4-3-5-26(34(22)49-20-41)27-15-32(28(36(45)46)14-31(27)39)43-23-6-7-24(43)19-48-18-23/h3-5,12-15,21,23-24H,6-11,16-20H2,1-2H3,(H,45,46)/t21-,23?,24?/m1/s1. The zero-order chi connectivity index (χ0) is 34.4. The van der Waals surface area contributed by atoms with Crippen molar-refractivity contribution in [3.8, 4) is 16.9 Å². The van der Waals surface area contributed by atoms with E-state index in [1.165, 1.54) is 4.90 Å². The predicted molar refractivity (Wildman–Crippen MR) is 186 cm³/mol. The molecule has 3 aromatic carbocycles. The number of nitrogens with zero attached hydrogens (tertiary/aromatic N) is 4. The highest BCUT2D eigenvalue weighted by atomic mass is 35.5. The topological polar surface area (TPSA) is 95.0 Å². The number of methoxy groups -OCH3 is 1. The lowest BCUT2D eigenvalue weighted by atomic mass is 9.96. The number of hydrogen-bond acceptors (Lipinski definition) is 8. The summed E-state index contributed by atoms with van der Waals surface area (Å²) < 4.78 is 32.8. The van der Waals surface area contributed by atoms with Gasteiger partial charge < -0.3 is 34.0 Å². The lowest BCUT2D eigenvalue weighted by Crippen LogP contribution is -2.52. The summed E-state index contributed by atoms with van der Waals surface area (Å²) in [6.07, 6.45) is 1.76. The Labute approximate surface area is 294 Å². The number of carbonyl (C=O) groups excluding carboxylic acids is 1. The highest BCUT2D eigenvalue weighted by Gasteiger charge is 2.40. The predicted octanol–water partition coefficient (Wildman–Crippen LogP) is 6.01. The van der Waals surface area contributed by atoms with Crippen LogP contribution in [0, 0.1) is 5.82 Å². The van der Waals surface area contributed by atoms with Gasteiger partial charge in [-0.25, -0.2) is 9.18 Å². The van der Waals surface area contributed by atoms with Crippen molar-refractivity contribution >= 4 is 46.5 Å². The van der Waals surface area contributed by atoms with Crippen LogP contribution in [0.3, 0.4) is 0 Å². The molecule has 1 N–H and O–H groups in total. The van der Waals surface area contributed by atoms with Gasteiger partial charge in [0.15, 0.2) is 6.73 Å². The van der Waals surface area contributed by atoms with E-state index in [2.05, 4.69) is 21.6 Å². The molecular weight excluding hydrogens is 674 g/mol. The maximum absolute atomic E-state index is 15.7. The summed E-state index contributed by atoms with van der Waals surface area (Å²) in [6, 6.07) is 11.9. The second-order valence-corrected chi connectivity index (χ2v) is 14.0. The van der Waals surface area contributed by atoms with E-state index in [-0.39, 0.29) is 64.0 Å². The number of para-hydroxylation sites is 1. The van der Waals surface area contributed by atoms with Crippen LogP contribution < -0.4 is 14.5 Å². The van der Waals surface area contributed by atoms with Crippen LogP contribution in [0.25, 0.3) is 11.1 Å². The van der Waals surface area contributed by atoms with Crippen LogP contribution in [-0.4, -0.2) is 105 Å². The molecule has 260 valence electrons. The normalized spacial score (nSPS) is 22.2. The largest absolute Gasteiger partial charge is 0.478 e. The molecule has 0 aliphatic carbocycles. The number of piperazine rings is 1. The van der Waals surface area contributed by atoms with Gasteiger partial charge in [-0.2, -0.15) is 0 Å². The third-order valence-corrected chi connectivity index (χ3v) is 10.7. The molecule has 13 heteroatoms. The third kappa shape index (κ3) is 6.43. The van der Waals surface area contributed by atoms with Crippen molar-refractivity contribution in [1.82, 2.24) is 9.80 Å². The SMILES string of the molecule is COCCN1CCN(c2cc(Cl)c(C(=O)N3COc4c(cccc4-c4cc(N5C6CCC5COC6)c(C(=O)O)cc4F)C3)c(Cl)c2)[C@H](C)C1. The summed E-state index contributed by atoms with van der Waals surface area (Å²) >= 11 is 13.5. The van der Waals surface area contributed by atoms with Crippen molar-refractivity contribution in [1.29, 1.82) is 0 Å². The minimum Gasteiger partial charge on any atom is -0.478 e. The molecule has 10 nitrogen and oxygen atoms in total. The van der Waals surface area contributed by atoms with Crippen molar-refractivity contribution in [3.63, 3.8) is 0 Å². The zero-order valence-corrected chi connectivity index (χ0v) is 29.0. The summed E-state index contributed by atoms with van der Waals surface area (Å²) in [4.78, 5) is 34.3. The summed E-state index contributed by atoms with van der Waals surface area (Å²) in [7, 11) is 1.70. The summed E-state index contributed by atoms with van der Waals surface area (Å²) in [5.41, 5.74) is 2.84. The number of carbonyl (C=O) groups is 2. The second kappa shape index (κ2) is 14.0. The number of carboxylic acids is 1. The lowest BCUT2D eigenvalue weighted by molar-refractivity contribution is 0.0516. The first-order valence-corrected chi connectivity index (χ1v) is 17.3. The van der Waals surface area contributed by atoms with E-state index in [0.29, 0.717) is 42.4 Å². The number of anilines is 2. The van der Waals surface area contributed by atoms with Crippen LogP contribution in [0.15, 0.2) is 42.5 Å². The van der Waals surface area contributed by atoms with Crippen molar-refractivity contribution in [2.24, 2.45) is 0 Å². The van der Waals surface area contributed by atoms with Gasteiger partial charge in [0.25, 0.3) is 5.91 Å². The molecule has 3 atom stereocenters. The summed E-state index contributed by atoms with van der Waals surface area (Å²) in [5, 5.41) is 10.5. The number of halogens is 3. The molecule has 0 aromatic heterocycles. The van der Waals surface area contributed by atoms with E-state index >= 15 is 4.39 Å². The van der Waals surface area contributed by atoms with Gasteiger partial charge in [-0.05, 0) is 44.0 Å². The fourth-order valence-corrected chi connectivity index (χ4v) is 8.36. The van der Waals surface area contributed by atoms with Crippen molar-refractivity contribution in [2.45, 2.75) is 44.4 Å². The van der Waals surface area contributed by atoms with E-state index in [4.69, 9.17) is 37.4 Å². The average molecular weight is 714 g/mol. The Bertz CT molecular complexity index is 1740. The molecule has 49 heavy (non-hydrogen) atoms. The molecule has 4 aliphatic rings. The quantitative estimate of drug-likeness (QED) is 0.301. The van der Waals surface area contributed by atoms with Gasteiger partial charge in [0.05, 0.1) is 65.3 Å². The van der Waals surface area contributed by atoms with E-state index in [9.17, 15) is 14.7 Å². The Balaban J connectivity index is 1.13. The first-order valence-electron chi connectivity index (χ1n) is 16.6. The number of amides is 1. The van der Waals surface area contributed by atoms with E-state index in [0.717, 1.165) is 50.8 Å². The third-order valence-electron chi connectivity index (χ3n) is 10.1. The number of benzene rings is 3. The number of morpholine rings is 1. The number of rotatable bonds is 8. The first kappa shape index (κ1) is 33.9. The van der Waals surface area contributed by atoms with Gasteiger partial charge in [0.2, 0.25) is 0 Å². The van der Waals surface area contributed by atoms with Crippen LogP contribution in [0.1, 0.15) is 46.0 Å². The van der Waals surface area contributed by atoms with Crippen molar-refractivity contribution < 1.29 is 33.3 Å². The summed E-state index contributed by atoms with van der Waals surface area (Å²) in [5.74, 6) is -1.79. The molecular formula is C36H39Cl2FN4O6. The smallest absolute Gasteiger partial charge is 0.337 e. The minimum absolute atomic E-state index is 0.0306. The van der Waals surface area contributed by atoms with Gasteiger partial charge in [-0.3, -0.25) is 9.69 Å². The number of hydrogen-bond donors (Lipinski definition) is 1. The van der Waals surface area contributed by atoms with Crippen LogP contribution in [-0.2, 0) is 16.0 Å². The fraction of sp³-hybridized carbons (Fsp3) is 0.444. The Hall–Kier alpha value is -3.61. The summed E-state index contributed by atoms with van der Waals surface area (Å²) in [6.45, 7) is 7.31. The lowest BCUT2D eigenvalue weighted by Gasteiger charge is -2.41. The van der Waals surface area contributed by atoms with Gasteiger partial charge in [0, 0.05) is 61.7 Å². The Morgan fingerprint density at radius 1 is 1.04 bits per heavy atom. The minimum atomic E-state index is -1.19. The molecule has 0 saturated carbocycles. The van der Waals surface area contributed by atoms with Crippen molar-refractivity contribution in [2.75, 3.05) is 69.6 Å². The monoisotopic (exact) mass is 712 g/mol. The maximum atomic E-state index is 15.7. The van der Waals surface area contributed by atoms with Gasteiger partial charge in [-0.1, -0.05) is 41.4 Å². The van der Waals surface area contributed by atoms with Gasteiger partial charge in [-0.15, -0.1) is 0 Å². The molecule has 0 radical (unpaired) electrons. The molecule has 0 spiro atoms. The van der Waals surface area contributed by atoms with Crippen molar-refractivity contribution in [3.05, 3.63) is 75.0 Å². The molecule has 2 bridgehead atoms. The van der Waals surface area contributed by atoms with E-state index < -0.39 is 11.8 Å². The molecule has 7 rings (SSSR count). The average Bonchev–Trinajstić information content (AvgIpc) is 3.32. The first-order chi connectivity index (χ1) is 23.6. The fourth-order valence-electron chi connectivity index (χ4n) is 7.72. The van der Waals surface area contributed by atoms with Crippen LogP contribution >= 0.6 is 23.2 Å². The molecule has 3 aromatic rings. The molecule has 4 heterocycles. The van der Waals surface area contributed by atoms with Gasteiger partial charge >= 0.3 is 5.97 Å². The van der Waals surface area contributed by atoms with E-state index in [1.807, 2.05) is 6.07 Å². The molecule has 2 unspecified atom stereocenters. The number of carboxylic acid groups (broad SMARTS) is 1. The number of aromatic carboxylic acids is 1. The Kier molecular flexibility index (Phi) is 9.64. The van der Waals surface area contributed by atoms with Crippen LogP contribution in [0.4, 0.5) is 15.8 Å². The number of ether oxygens (including phenoxy) is 3. The Morgan fingerprint density at radius 2 is 1.78 bits per heavy atom. The maximum Gasteiger partial charge on any atom is 0.337 e. The molecule has 3 saturated heterocycles. The van der Waals surface area contributed by atoms with Gasteiger partial charge in [0.1, 0.15) is 11.6 Å². The number of fused-ring (bicyclic) bond motifs is 3. The second-order valence-electron chi connectivity index (χ2n) is 13.2. The molecule has 3 fully saturated rings. The molecule has 4 aliphatic heterocycles.